The quantitative estimate of drug-likeness (QED) is 0.760. The Morgan fingerprint density at radius 3 is 2.43 bits per heavy atom. The first-order valence-corrected chi connectivity index (χ1v) is 10.1. The molecule has 2 aromatic rings. The molecule has 2 heterocycles. The molecule has 1 aromatic carbocycles. The molecule has 0 atom stereocenters. The lowest BCUT2D eigenvalue weighted by atomic mass is 10.1. The second-order valence-corrected chi connectivity index (χ2v) is 8.74. The van der Waals surface area contributed by atoms with Gasteiger partial charge >= 0.3 is 0 Å². The Morgan fingerprint density at radius 1 is 1.18 bits per heavy atom. The van der Waals surface area contributed by atoms with Crippen molar-refractivity contribution in [3.8, 4) is 0 Å². The predicted molar refractivity (Wildman–Crippen MR) is 113 cm³/mol. The molecule has 28 heavy (non-hydrogen) atoms. The van der Waals surface area contributed by atoms with Crippen LogP contribution in [0.15, 0.2) is 41.4 Å². The molecule has 1 aliphatic rings. The van der Waals surface area contributed by atoms with Crippen molar-refractivity contribution < 1.29 is 13.2 Å². The molecule has 0 bridgehead atoms. The molecule has 0 spiro atoms. The summed E-state index contributed by atoms with van der Waals surface area (Å²) in [4.78, 5) is 19.1. The fourth-order valence-corrected chi connectivity index (χ4v) is 3.91. The lowest BCUT2D eigenvalue weighted by Gasteiger charge is -2.22. The Morgan fingerprint density at radius 2 is 1.86 bits per heavy atom. The number of carbonyl (C=O) groups excluding carboxylic acids is 1. The van der Waals surface area contributed by atoms with Crippen LogP contribution in [0, 0.1) is 0 Å². The predicted octanol–water partition coefficient (Wildman–Crippen LogP) is 2.19. The van der Waals surface area contributed by atoms with E-state index in [1.165, 1.54) is 26.4 Å². The van der Waals surface area contributed by atoms with E-state index in [1.807, 2.05) is 0 Å². The minimum atomic E-state index is -3.65. The van der Waals surface area contributed by atoms with Gasteiger partial charge in [-0.2, -0.15) is 0 Å². The zero-order chi connectivity index (χ0) is 19.6. The highest BCUT2D eigenvalue weighted by Crippen LogP contribution is 2.29. The topological polar surface area (TPSA) is 109 Å². The third kappa shape index (κ3) is 4.54. The summed E-state index contributed by atoms with van der Waals surface area (Å²) in [6, 6.07) is 7.92. The van der Waals surface area contributed by atoms with Crippen LogP contribution in [-0.2, 0) is 10.0 Å². The summed E-state index contributed by atoms with van der Waals surface area (Å²) in [5.41, 5.74) is 7.10. The zero-order valence-corrected chi connectivity index (χ0v) is 17.4. The number of nitrogens with two attached hydrogens (primary N) is 1. The van der Waals surface area contributed by atoms with E-state index >= 15 is 0 Å². The number of carbonyl (C=O) groups is 1. The van der Waals surface area contributed by atoms with Gasteiger partial charge in [-0.05, 0) is 43.2 Å². The molecule has 0 radical (unpaired) electrons. The summed E-state index contributed by atoms with van der Waals surface area (Å²) in [6.45, 7) is 1.67. The first-order valence-electron chi connectivity index (χ1n) is 8.63. The summed E-state index contributed by atoms with van der Waals surface area (Å²) in [5.74, 6) is -0.0379. The minimum absolute atomic E-state index is 0. The Balaban J connectivity index is 0.00000280. The van der Waals surface area contributed by atoms with Crippen LogP contribution in [-0.4, -0.2) is 50.8 Å². The van der Waals surface area contributed by atoms with Crippen molar-refractivity contribution in [2.45, 2.75) is 17.7 Å². The molecular weight excluding hydrogens is 402 g/mol. The smallest absolute Gasteiger partial charge is 0.257 e. The summed E-state index contributed by atoms with van der Waals surface area (Å²) in [6.07, 6.45) is 3.55. The van der Waals surface area contributed by atoms with E-state index in [2.05, 4.69) is 15.2 Å². The molecule has 1 aliphatic heterocycles. The Hall–Kier alpha value is -2.36. The van der Waals surface area contributed by atoms with Crippen LogP contribution >= 0.6 is 12.4 Å². The number of nitrogen functional groups attached to an aromatic ring is 1. The van der Waals surface area contributed by atoms with Crippen LogP contribution in [0.5, 0.6) is 0 Å². The third-order valence-corrected chi connectivity index (χ3v) is 6.29. The van der Waals surface area contributed by atoms with Crippen LogP contribution in [0.3, 0.4) is 0 Å². The molecule has 8 nitrogen and oxygen atoms in total. The highest BCUT2D eigenvalue weighted by molar-refractivity contribution is 7.89. The number of nitrogens with zero attached hydrogens (tertiary/aromatic N) is 3. The van der Waals surface area contributed by atoms with E-state index in [0.29, 0.717) is 17.1 Å². The Kier molecular flexibility index (Phi) is 6.87. The second kappa shape index (κ2) is 8.76. The maximum absolute atomic E-state index is 12.9. The van der Waals surface area contributed by atoms with Gasteiger partial charge in [0.1, 0.15) is 5.82 Å². The van der Waals surface area contributed by atoms with Gasteiger partial charge < -0.3 is 16.0 Å². The number of hydrogen-bond acceptors (Lipinski definition) is 6. The highest BCUT2D eigenvalue weighted by Gasteiger charge is 2.24. The largest absolute Gasteiger partial charge is 0.384 e. The number of amides is 1. The molecule has 0 saturated carbocycles. The fraction of sp³-hybridized carbons (Fsp3) is 0.333. The molecule has 152 valence electrons. The van der Waals surface area contributed by atoms with Crippen molar-refractivity contribution >= 4 is 45.5 Å². The van der Waals surface area contributed by atoms with E-state index in [0.717, 1.165) is 35.9 Å². The summed E-state index contributed by atoms with van der Waals surface area (Å²) < 4.78 is 26.1. The fourth-order valence-electron chi connectivity index (χ4n) is 2.98. The normalized spacial score (nSPS) is 14.0. The molecule has 3 rings (SSSR count). The standard InChI is InChI=1S/C18H23N5O3S.ClH/c1-22(2)27(25,26)14-6-7-16(23-9-3-4-10-23)15(11-14)18(24)21-13-5-8-17(19)20-12-13;/h5-8,11-12H,3-4,9-10H2,1-2H3,(H2,19,20)(H,21,24);1H. The van der Waals surface area contributed by atoms with E-state index < -0.39 is 10.0 Å². The molecular formula is C18H24ClN5O3S. The van der Waals surface area contributed by atoms with Crippen LogP contribution in [0.25, 0.3) is 0 Å². The molecule has 1 fully saturated rings. The lowest BCUT2D eigenvalue weighted by Crippen LogP contribution is -2.25. The third-order valence-electron chi connectivity index (χ3n) is 4.48. The van der Waals surface area contributed by atoms with Crippen LogP contribution in [0.1, 0.15) is 23.2 Å². The van der Waals surface area contributed by atoms with E-state index in [1.54, 1.807) is 24.3 Å². The van der Waals surface area contributed by atoms with Gasteiger partial charge in [0.15, 0.2) is 0 Å². The molecule has 1 amide bonds. The molecule has 1 saturated heterocycles. The Bertz CT molecular complexity index is 942. The number of aromatic nitrogens is 1. The molecule has 10 heteroatoms. The van der Waals surface area contributed by atoms with Crippen molar-refractivity contribution in [3.05, 3.63) is 42.1 Å². The average molecular weight is 426 g/mol. The summed E-state index contributed by atoms with van der Waals surface area (Å²) in [5, 5.41) is 2.77. The number of sulfonamides is 1. The van der Waals surface area contributed by atoms with E-state index in [9.17, 15) is 13.2 Å². The summed E-state index contributed by atoms with van der Waals surface area (Å²) in [7, 11) is -0.722. The van der Waals surface area contributed by atoms with Gasteiger partial charge in [-0.15, -0.1) is 12.4 Å². The van der Waals surface area contributed by atoms with Crippen molar-refractivity contribution in [2.24, 2.45) is 0 Å². The van der Waals surface area contributed by atoms with Gasteiger partial charge in [-0.1, -0.05) is 0 Å². The average Bonchev–Trinajstić information content (AvgIpc) is 3.17. The maximum atomic E-state index is 12.9. The first-order chi connectivity index (χ1) is 12.8. The zero-order valence-electron chi connectivity index (χ0n) is 15.8. The van der Waals surface area contributed by atoms with Crippen molar-refractivity contribution in [3.63, 3.8) is 0 Å². The van der Waals surface area contributed by atoms with E-state index in [-0.39, 0.29) is 23.2 Å². The van der Waals surface area contributed by atoms with Gasteiger partial charge in [0.05, 0.1) is 22.3 Å². The number of halogens is 1. The van der Waals surface area contributed by atoms with Gasteiger partial charge in [0.2, 0.25) is 10.0 Å². The molecule has 1 aromatic heterocycles. The SMILES string of the molecule is CN(C)S(=O)(=O)c1ccc(N2CCCC2)c(C(=O)Nc2ccc(N)nc2)c1.Cl. The van der Waals surface area contributed by atoms with Crippen molar-refractivity contribution in [2.75, 3.05) is 43.1 Å². The number of pyridine rings is 1. The monoisotopic (exact) mass is 425 g/mol. The maximum Gasteiger partial charge on any atom is 0.257 e. The lowest BCUT2D eigenvalue weighted by molar-refractivity contribution is 0.102. The molecule has 0 unspecified atom stereocenters. The van der Waals surface area contributed by atoms with Crippen LogP contribution < -0.4 is 16.0 Å². The molecule has 3 N–H and O–H groups in total. The first kappa shape index (κ1) is 21.9. The number of benzene rings is 1. The van der Waals surface area contributed by atoms with Gasteiger partial charge in [0.25, 0.3) is 5.91 Å². The van der Waals surface area contributed by atoms with Crippen LogP contribution in [0.2, 0.25) is 0 Å². The summed E-state index contributed by atoms with van der Waals surface area (Å²) >= 11 is 0. The van der Waals surface area contributed by atoms with Crippen LogP contribution in [0.4, 0.5) is 17.2 Å². The van der Waals surface area contributed by atoms with Gasteiger partial charge in [0, 0.05) is 32.9 Å². The Labute approximate surface area is 171 Å². The van der Waals surface area contributed by atoms with Crippen molar-refractivity contribution in [1.82, 2.24) is 9.29 Å². The number of rotatable bonds is 5. The van der Waals surface area contributed by atoms with Gasteiger partial charge in [-0.3, -0.25) is 4.79 Å². The van der Waals surface area contributed by atoms with Gasteiger partial charge in [-0.25, -0.2) is 17.7 Å². The number of hydrogen-bond donors (Lipinski definition) is 2. The second-order valence-electron chi connectivity index (χ2n) is 6.59. The highest BCUT2D eigenvalue weighted by atomic mass is 35.5. The number of nitrogens with one attached hydrogen (secondary N) is 1. The van der Waals surface area contributed by atoms with E-state index in [4.69, 9.17) is 5.73 Å². The number of anilines is 3. The van der Waals surface area contributed by atoms with Crippen molar-refractivity contribution in [1.29, 1.82) is 0 Å². The minimum Gasteiger partial charge on any atom is -0.384 e. The molecule has 0 aliphatic carbocycles.